The van der Waals surface area contributed by atoms with E-state index in [2.05, 4.69) is 10.6 Å². The highest BCUT2D eigenvalue weighted by Crippen LogP contribution is 2.24. The van der Waals surface area contributed by atoms with Crippen molar-refractivity contribution >= 4 is 5.91 Å². The second-order valence-corrected chi connectivity index (χ2v) is 5.01. The molecule has 1 saturated heterocycles. The van der Waals surface area contributed by atoms with Crippen LogP contribution in [-0.2, 0) is 4.79 Å². The van der Waals surface area contributed by atoms with E-state index in [4.69, 9.17) is 0 Å². The van der Waals surface area contributed by atoms with Crippen LogP contribution in [0.1, 0.15) is 27.2 Å². The number of aliphatic hydroxyl groups excluding tert-OH is 1. The average molecular weight is 214 g/mol. The molecule has 0 spiro atoms. The van der Waals surface area contributed by atoms with Gasteiger partial charge < -0.3 is 15.7 Å². The quantitative estimate of drug-likeness (QED) is 0.623. The molecule has 1 amide bonds. The fraction of sp³-hybridized carbons (Fsp3) is 0.909. The molecule has 0 bridgehead atoms. The van der Waals surface area contributed by atoms with Gasteiger partial charge >= 0.3 is 0 Å². The van der Waals surface area contributed by atoms with Crippen molar-refractivity contribution in [2.75, 3.05) is 19.6 Å². The van der Waals surface area contributed by atoms with Gasteiger partial charge in [0.05, 0.1) is 11.5 Å². The third-order valence-corrected chi connectivity index (χ3v) is 3.16. The van der Waals surface area contributed by atoms with Gasteiger partial charge in [-0.05, 0) is 25.8 Å². The molecule has 0 aromatic carbocycles. The number of nitrogens with one attached hydrogen (secondary N) is 2. The molecule has 0 saturated carbocycles. The molecular weight excluding hydrogens is 192 g/mol. The van der Waals surface area contributed by atoms with E-state index in [1.165, 1.54) is 0 Å². The predicted octanol–water partition coefficient (Wildman–Crippen LogP) is 0.119. The summed E-state index contributed by atoms with van der Waals surface area (Å²) in [7, 11) is 0. The van der Waals surface area contributed by atoms with Crippen molar-refractivity contribution in [1.29, 1.82) is 0 Å². The average Bonchev–Trinajstić information content (AvgIpc) is 2.62. The summed E-state index contributed by atoms with van der Waals surface area (Å²) in [6.07, 6.45) is 0.420. The number of rotatable bonds is 4. The standard InChI is InChI=1S/C11H22N2O2/c1-8(2)9(14)6-13-10(15)11(3)4-5-12-7-11/h8-9,12,14H,4-7H2,1-3H3,(H,13,15). The van der Waals surface area contributed by atoms with E-state index >= 15 is 0 Å². The zero-order chi connectivity index (χ0) is 11.5. The Morgan fingerprint density at radius 3 is 2.73 bits per heavy atom. The van der Waals surface area contributed by atoms with Gasteiger partial charge in [0, 0.05) is 13.1 Å². The molecular formula is C11H22N2O2. The van der Waals surface area contributed by atoms with Crippen LogP contribution in [0, 0.1) is 11.3 Å². The molecule has 1 fully saturated rings. The third-order valence-electron chi connectivity index (χ3n) is 3.16. The Labute approximate surface area is 91.4 Å². The van der Waals surface area contributed by atoms with Gasteiger partial charge in [0.25, 0.3) is 0 Å². The Morgan fingerprint density at radius 2 is 2.27 bits per heavy atom. The normalized spacial score (nSPS) is 28.1. The van der Waals surface area contributed by atoms with Crippen molar-refractivity contribution in [2.45, 2.75) is 33.3 Å². The molecule has 1 heterocycles. The molecule has 0 radical (unpaired) electrons. The van der Waals surface area contributed by atoms with Crippen molar-refractivity contribution in [1.82, 2.24) is 10.6 Å². The fourth-order valence-electron chi connectivity index (χ4n) is 1.66. The smallest absolute Gasteiger partial charge is 0.227 e. The van der Waals surface area contributed by atoms with Gasteiger partial charge in [-0.1, -0.05) is 13.8 Å². The van der Waals surface area contributed by atoms with Crippen LogP contribution in [-0.4, -0.2) is 36.8 Å². The van der Waals surface area contributed by atoms with Crippen molar-refractivity contribution in [3.05, 3.63) is 0 Å². The lowest BCUT2D eigenvalue weighted by molar-refractivity contribution is -0.129. The van der Waals surface area contributed by atoms with Crippen LogP contribution in [0.25, 0.3) is 0 Å². The molecule has 1 rings (SSSR count). The topological polar surface area (TPSA) is 61.4 Å². The van der Waals surface area contributed by atoms with Gasteiger partial charge in [-0.15, -0.1) is 0 Å². The lowest BCUT2D eigenvalue weighted by atomic mass is 9.88. The summed E-state index contributed by atoms with van der Waals surface area (Å²) < 4.78 is 0. The summed E-state index contributed by atoms with van der Waals surface area (Å²) in [5.41, 5.74) is -0.295. The zero-order valence-corrected chi connectivity index (χ0v) is 9.84. The molecule has 2 unspecified atom stereocenters. The summed E-state index contributed by atoms with van der Waals surface area (Å²) >= 11 is 0. The third kappa shape index (κ3) is 3.18. The molecule has 4 heteroatoms. The Kier molecular flexibility index (Phi) is 4.11. The number of carbonyl (C=O) groups excluding carboxylic acids is 1. The van der Waals surface area contributed by atoms with Crippen LogP contribution in [0.5, 0.6) is 0 Å². The molecule has 0 aliphatic carbocycles. The largest absolute Gasteiger partial charge is 0.391 e. The number of hydrogen-bond acceptors (Lipinski definition) is 3. The van der Waals surface area contributed by atoms with Gasteiger partial charge in [0.2, 0.25) is 5.91 Å². The summed E-state index contributed by atoms with van der Waals surface area (Å²) in [6, 6.07) is 0. The number of amides is 1. The van der Waals surface area contributed by atoms with Crippen molar-refractivity contribution < 1.29 is 9.90 Å². The van der Waals surface area contributed by atoms with Crippen molar-refractivity contribution in [3.63, 3.8) is 0 Å². The van der Waals surface area contributed by atoms with Gasteiger partial charge in [0.15, 0.2) is 0 Å². The lowest BCUT2D eigenvalue weighted by Gasteiger charge is -2.23. The van der Waals surface area contributed by atoms with Gasteiger partial charge in [0.1, 0.15) is 0 Å². The molecule has 0 aromatic rings. The van der Waals surface area contributed by atoms with E-state index in [1.54, 1.807) is 0 Å². The maximum atomic E-state index is 11.8. The van der Waals surface area contributed by atoms with Crippen molar-refractivity contribution in [3.8, 4) is 0 Å². The lowest BCUT2D eigenvalue weighted by Crippen LogP contribution is -2.44. The van der Waals surface area contributed by atoms with Crippen LogP contribution >= 0.6 is 0 Å². The Morgan fingerprint density at radius 1 is 1.60 bits per heavy atom. The minimum absolute atomic E-state index is 0.0483. The molecule has 0 aromatic heterocycles. The Bertz CT molecular complexity index is 223. The number of carbonyl (C=O) groups is 1. The van der Waals surface area contributed by atoms with Gasteiger partial charge in [-0.2, -0.15) is 0 Å². The zero-order valence-electron chi connectivity index (χ0n) is 9.84. The van der Waals surface area contributed by atoms with E-state index in [9.17, 15) is 9.90 Å². The first-order chi connectivity index (χ1) is 6.96. The van der Waals surface area contributed by atoms with E-state index in [0.717, 1.165) is 19.5 Å². The summed E-state index contributed by atoms with van der Waals surface area (Å²) in [6.45, 7) is 7.83. The van der Waals surface area contributed by atoms with E-state index in [0.29, 0.717) is 6.54 Å². The van der Waals surface area contributed by atoms with Gasteiger partial charge in [-0.25, -0.2) is 0 Å². The first-order valence-electron chi connectivity index (χ1n) is 5.63. The molecule has 1 aliphatic heterocycles. The molecule has 88 valence electrons. The van der Waals surface area contributed by atoms with E-state index < -0.39 is 6.10 Å². The fourth-order valence-corrected chi connectivity index (χ4v) is 1.66. The molecule has 1 aliphatic rings. The second-order valence-electron chi connectivity index (χ2n) is 5.01. The monoisotopic (exact) mass is 214 g/mol. The summed E-state index contributed by atoms with van der Waals surface area (Å²) in [5.74, 6) is 0.229. The molecule has 3 N–H and O–H groups in total. The highest BCUT2D eigenvalue weighted by molar-refractivity contribution is 5.82. The predicted molar refractivity (Wildman–Crippen MR) is 59.4 cm³/mol. The van der Waals surface area contributed by atoms with Crippen LogP contribution in [0.2, 0.25) is 0 Å². The maximum absolute atomic E-state index is 11.8. The number of aliphatic hydroxyl groups is 1. The molecule has 4 nitrogen and oxygen atoms in total. The van der Waals surface area contributed by atoms with Crippen LogP contribution in [0.3, 0.4) is 0 Å². The van der Waals surface area contributed by atoms with Crippen LogP contribution < -0.4 is 10.6 Å². The van der Waals surface area contributed by atoms with Gasteiger partial charge in [-0.3, -0.25) is 4.79 Å². The minimum atomic E-state index is -0.452. The molecule has 15 heavy (non-hydrogen) atoms. The highest BCUT2D eigenvalue weighted by atomic mass is 16.3. The molecule has 2 atom stereocenters. The van der Waals surface area contributed by atoms with Crippen LogP contribution in [0.4, 0.5) is 0 Å². The second kappa shape index (κ2) is 4.94. The SMILES string of the molecule is CC(C)C(O)CNC(=O)C1(C)CCNC1. The van der Waals surface area contributed by atoms with E-state index in [1.807, 2.05) is 20.8 Å². The Hall–Kier alpha value is -0.610. The number of hydrogen-bond donors (Lipinski definition) is 3. The first kappa shape index (κ1) is 12.5. The Balaban J connectivity index is 2.35. The van der Waals surface area contributed by atoms with Crippen molar-refractivity contribution in [2.24, 2.45) is 11.3 Å². The summed E-state index contributed by atoms with van der Waals surface area (Å²) in [4.78, 5) is 11.8. The highest BCUT2D eigenvalue weighted by Gasteiger charge is 2.36. The minimum Gasteiger partial charge on any atom is -0.391 e. The first-order valence-corrected chi connectivity index (χ1v) is 5.63. The maximum Gasteiger partial charge on any atom is 0.227 e. The van der Waals surface area contributed by atoms with E-state index in [-0.39, 0.29) is 17.2 Å². The van der Waals surface area contributed by atoms with Crippen LogP contribution in [0.15, 0.2) is 0 Å². The summed E-state index contributed by atoms with van der Waals surface area (Å²) in [5, 5.41) is 15.6.